The smallest absolute Gasteiger partial charge is 0.0543 e. The first-order chi connectivity index (χ1) is 4.31. The summed E-state index contributed by atoms with van der Waals surface area (Å²) >= 11 is 5.25. The van der Waals surface area contributed by atoms with Crippen LogP contribution in [-0.2, 0) is 0 Å². The molecule has 0 spiro atoms. The Morgan fingerprint density at radius 3 is 2.89 bits per heavy atom. The van der Waals surface area contributed by atoms with Crippen LogP contribution in [0.15, 0.2) is 16.8 Å². The van der Waals surface area contributed by atoms with E-state index in [-0.39, 0.29) is 0 Å². The second-order valence-electron chi connectivity index (χ2n) is 1.74. The van der Waals surface area contributed by atoms with E-state index >= 15 is 0 Å². The number of hydrogen-bond donors (Lipinski definition) is 1. The standard InChI is InChI=1S/C6H10ClNO/c1-6(8-9)4-2-3-5-7/h3,5,9H,2,4H2,1H3/b5-3+,8-6?. The van der Waals surface area contributed by atoms with E-state index in [1.54, 1.807) is 6.92 Å². The Morgan fingerprint density at radius 2 is 2.44 bits per heavy atom. The minimum atomic E-state index is 0.727. The van der Waals surface area contributed by atoms with E-state index < -0.39 is 0 Å². The van der Waals surface area contributed by atoms with Gasteiger partial charge in [0.1, 0.15) is 0 Å². The maximum atomic E-state index is 8.16. The number of rotatable bonds is 3. The molecule has 0 unspecified atom stereocenters. The molecule has 0 aliphatic carbocycles. The molecule has 0 aliphatic heterocycles. The van der Waals surface area contributed by atoms with Crippen LogP contribution in [-0.4, -0.2) is 10.9 Å². The van der Waals surface area contributed by atoms with Crippen LogP contribution in [0.1, 0.15) is 19.8 Å². The predicted octanol–water partition coefficient (Wildman–Crippen LogP) is 2.37. The molecule has 0 bridgehead atoms. The predicted molar refractivity (Wildman–Crippen MR) is 39.1 cm³/mol. The first kappa shape index (κ1) is 8.50. The van der Waals surface area contributed by atoms with Gasteiger partial charge in [-0.1, -0.05) is 22.8 Å². The Kier molecular flexibility index (Phi) is 5.32. The van der Waals surface area contributed by atoms with Gasteiger partial charge in [0.05, 0.1) is 5.71 Å². The van der Waals surface area contributed by atoms with Gasteiger partial charge in [-0.15, -0.1) is 0 Å². The molecule has 0 aromatic heterocycles. The maximum Gasteiger partial charge on any atom is 0.0543 e. The minimum Gasteiger partial charge on any atom is -0.411 e. The van der Waals surface area contributed by atoms with E-state index in [9.17, 15) is 0 Å². The molecule has 0 rings (SSSR count). The molecule has 0 radical (unpaired) electrons. The average Bonchev–Trinajstić information content (AvgIpc) is 1.89. The summed E-state index contributed by atoms with van der Waals surface area (Å²) in [7, 11) is 0. The van der Waals surface area contributed by atoms with Crippen molar-refractivity contribution in [2.45, 2.75) is 19.8 Å². The lowest BCUT2D eigenvalue weighted by Gasteiger charge is -1.89. The Hall–Kier alpha value is -0.500. The molecule has 0 amide bonds. The molecule has 0 saturated carbocycles. The van der Waals surface area contributed by atoms with Crippen molar-refractivity contribution >= 4 is 17.3 Å². The zero-order valence-electron chi connectivity index (χ0n) is 5.34. The van der Waals surface area contributed by atoms with Crippen LogP contribution in [0.5, 0.6) is 0 Å². The summed E-state index contributed by atoms with van der Waals surface area (Å²) in [5.74, 6) is 0. The fourth-order valence-corrected chi connectivity index (χ4v) is 0.531. The number of nitrogens with zero attached hydrogens (tertiary/aromatic N) is 1. The van der Waals surface area contributed by atoms with Crippen LogP contribution in [0.4, 0.5) is 0 Å². The zero-order chi connectivity index (χ0) is 7.11. The Bertz CT molecular complexity index is 120. The third-order valence-corrected chi connectivity index (χ3v) is 1.11. The molecule has 0 aromatic carbocycles. The van der Waals surface area contributed by atoms with Crippen molar-refractivity contribution in [3.8, 4) is 0 Å². The van der Waals surface area contributed by atoms with Gasteiger partial charge in [-0.05, 0) is 19.8 Å². The van der Waals surface area contributed by atoms with Gasteiger partial charge in [-0.2, -0.15) is 0 Å². The molecule has 0 atom stereocenters. The highest BCUT2D eigenvalue weighted by Gasteiger charge is 1.86. The van der Waals surface area contributed by atoms with Gasteiger partial charge in [0, 0.05) is 5.54 Å². The first-order valence-corrected chi connectivity index (χ1v) is 3.17. The normalized spacial score (nSPS) is 12.9. The Morgan fingerprint density at radius 1 is 1.78 bits per heavy atom. The largest absolute Gasteiger partial charge is 0.411 e. The third-order valence-electron chi connectivity index (χ3n) is 0.933. The summed E-state index contributed by atoms with van der Waals surface area (Å²) in [6.07, 6.45) is 3.41. The molecular formula is C6H10ClNO. The topological polar surface area (TPSA) is 32.6 Å². The maximum absolute atomic E-state index is 8.16. The van der Waals surface area contributed by atoms with E-state index in [1.165, 1.54) is 5.54 Å². The first-order valence-electron chi connectivity index (χ1n) is 2.74. The molecule has 2 nitrogen and oxygen atoms in total. The van der Waals surface area contributed by atoms with Crippen molar-refractivity contribution in [3.63, 3.8) is 0 Å². The molecule has 1 N–H and O–H groups in total. The summed E-state index contributed by atoms with van der Waals surface area (Å²) in [4.78, 5) is 0. The van der Waals surface area contributed by atoms with Gasteiger partial charge in [0.2, 0.25) is 0 Å². The summed E-state index contributed by atoms with van der Waals surface area (Å²) < 4.78 is 0. The van der Waals surface area contributed by atoms with Gasteiger partial charge in [-0.25, -0.2) is 0 Å². The van der Waals surface area contributed by atoms with Gasteiger partial charge >= 0.3 is 0 Å². The quantitative estimate of drug-likeness (QED) is 0.371. The average molecular weight is 148 g/mol. The molecule has 0 aliphatic rings. The second-order valence-corrected chi connectivity index (χ2v) is 1.99. The highest BCUT2D eigenvalue weighted by atomic mass is 35.5. The van der Waals surface area contributed by atoms with Crippen LogP contribution in [0.25, 0.3) is 0 Å². The third kappa shape index (κ3) is 5.37. The Labute approximate surface area is 59.8 Å². The van der Waals surface area contributed by atoms with Gasteiger partial charge in [0.25, 0.3) is 0 Å². The van der Waals surface area contributed by atoms with Crippen molar-refractivity contribution in [2.24, 2.45) is 5.16 Å². The van der Waals surface area contributed by atoms with Crippen molar-refractivity contribution < 1.29 is 5.21 Å². The molecular weight excluding hydrogens is 138 g/mol. The van der Waals surface area contributed by atoms with E-state index in [1.807, 2.05) is 6.08 Å². The molecule has 3 heteroatoms. The lowest BCUT2D eigenvalue weighted by molar-refractivity contribution is 0.317. The molecule has 0 heterocycles. The lowest BCUT2D eigenvalue weighted by atomic mass is 10.2. The SMILES string of the molecule is CC(CC/C=C/Cl)=NO. The van der Waals surface area contributed by atoms with Crippen molar-refractivity contribution in [2.75, 3.05) is 0 Å². The molecule has 0 fully saturated rings. The van der Waals surface area contributed by atoms with Crippen LogP contribution >= 0.6 is 11.6 Å². The zero-order valence-corrected chi connectivity index (χ0v) is 6.10. The fraction of sp³-hybridized carbons (Fsp3) is 0.500. The number of oxime groups is 1. The van der Waals surface area contributed by atoms with Crippen molar-refractivity contribution in [1.29, 1.82) is 0 Å². The van der Waals surface area contributed by atoms with Crippen LogP contribution in [0.3, 0.4) is 0 Å². The van der Waals surface area contributed by atoms with E-state index in [2.05, 4.69) is 5.16 Å². The van der Waals surface area contributed by atoms with Crippen molar-refractivity contribution in [3.05, 3.63) is 11.6 Å². The van der Waals surface area contributed by atoms with E-state index in [0.29, 0.717) is 0 Å². The minimum absolute atomic E-state index is 0.727. The summed E-state index contributed by atoms with van der Waals surface area (Å²) in [6, 6.07) is 0. The molecule has 52 valence electrons. The fourth-order valence-electron chi connectivity index (χ4n) is 0.405. The highest BCUT2D eigenvalue weighted by Crippen LogP contribution is 1.94. The number of allylic oxidation sites excluding steroid dienone is 1. The molecule has 0 aromatic rings. The van der Waals surface area contributed by atoms with Crippen LogP contribution in [0.2, 0.25) is 0 Å². The van der Waals surface area contributed by atoms with E-state index in [4.69, 9.17) is 16.8 Å². The van der Waals surface area contributed by atoms with Crippen molar-refractivity contribution in [1.82, 2.24) is 0 Å². The van der Waals surface area contributed by atoms with Gasteiger partial charge in [0.15, 0.2) is 0 Å². The molecule has 9 heavy (non-hydrogen) atoms. The number of hydrogen-bond acceptors (Lipinski definition) is 2. The molecule has 0 saturated heterocycles. The summed E-state index contributed by atoms with van der Waals surface area (Å²) in [6.45, 7) is 1.77. The highest BCUT2D eigenvalue weighted by molar-refractivity contribution is 6.25. The number of halogens is 1. The van der Waals surface area contributed by atoms with Gasteiger partial charge < -0.3 is 5.21 Å². The van der Waals surface area contributed by atoms with Gasteiger partial charge in [-0.3, -0.25) is 0 Å². The van der Waals surface area contributed by atoms with Crippen LogP contribution in [0, 0.1) is 0 Å². The van der Waals surface area contributed by atoms with Crippen LogP contribution < -0.4 is 0 Å². The summed E-state index contributed by atoms with van der Waals surface area (Å²) in [5, 5.41) is 11.2. The Balaban J connectivity index is 3.28. The monoisotopic (exact) mass is 147 g/mol. The summed E-state index contributed by atoms with van der Waals surface area (Å²) in [5.41, 5.74) is 2.19. The second kappa shape index (κ2) is 5.63. The lowest BCUT2D eigenvalue weighted by Crippen LogP contribution is -1.88. The van der Waals surface area contributed by atoms with E-state index in [0.717, 1.165) is 18.6 Å².